The number of primary amides is 1. The summed E-state index contributed by atoms with van der Waals surface area (Å²) < 4.78 is 32.1. The van der Waals surface area contributed by atoms with Crippen molar-refractivity contribution < 1.29 is 17.9 Å². The first-order valence-electron chi connectivity index (χ1n) is 9.79. The first kappa shape index (κ1) is 24.8. The minimum atomic E-state index is -3.73. The number of hydrogen-bond donors (Lipinski definition) is 1. The van der Waals surface area contributed by atoms with Crippen molar-refractivity contribution in [2.75, 3.05) is 23.8 Å². The summed E-state index contributed by atoms with van der Waals surface area (Å²) in [4.78, 5) is 13.4. The third-order valence-electron chi connectivity index (χ3n) is 4.35. The SMILES string of the molecule is C=C(C)COc1ccc(Br)cc1CN(CC)c1cc(S(=O)(=O)CCC)c(C(N)=O)nn1. The number of carbonyl (C=O) groups excluding carboxylic acids is 1. The molecule has 2 N–H and O–H groups in total. The number of rotatable bonds is 11. The van der Waals surface area contributed by atoms with Gasteiger partial charge in [-0.2, -0.15) is 0 Å². The van der Waals surface area contributed by atoms with Crippen LogP contribution in [0, 0.1) is 0 Å². The number of benzene rings is 1. The summed E-state index contributed by atoms with van der Waals surface area (Å²) >= 11 is 3.47. The second-order valence-electron chi connectivity index (χ2n) is 7.11. The van der Waals surface area contributed by atoms with Crippen LogP contribution in [0.3, 0.4) is 0 Å². The van der Waals surface area contributed by atoms with Gasteiger partial charge in [0.15, 0.2) is 21.3 Å². The molecule has 0 aliphatic heterocycles. The summed E-state index contributed by atoms with van der Waals surface area (Å²) in [6, 6.07) is 7.03. The molecule has 0 aliphatic rings. The van der Waals surface area contributed by atoms with E-state index in [1.807, 2.05) is 36.9 Å². The van der Waals surface area contributed by atoms with Crippen LogP contribution >= 0.6 is 15.9 Å². The normalized spacial score (nSPS) is 11.2. The number of halogens is 1. The highest BCUT2D eigenvalue weighted by molar-refractivity contribution is 9.10. The van der Waals surface area contributed by atoms with Crippen LogP contribution in [0.5, 0.6) is 5.75 Å². The molecule has 0 aliphatic carbocycles. The maximum Gasteiger partial charge on any atom is 0.270 e. The lowest BCUT2D eigenvalue weighted by atomic mass is 10.2. The molecule has 2 aromatic rings. The molecule has 31 heavy (non-hydrogen) atoms. The number of amides is 1. The van der Waals surface area contributed by atoms with E-state index in [4.69, 9.17) is 10.5 Å². The van der Waals surface area contributed by atoms with Crippen molar-refractivity contribution in [3.63, 3.8) is 0 Å². The van der Waals surface area contributed by atoms with E-state index in [2.05, 4.69) is 32.7 Å². The number of nitrogens with zero attached hydrogens (tertiary/aromatic N) is 3. The maximum atomic E-state index is 12.7. The zero-order chi connectivity index (χ0) is 23.2. The molecule has 8 nitrogen and oxygen atoms in total. The summed E-state index contributed by atoms with van der Waals surface area (Å²) in [5, 5.41) is 7.91. The van der Waals surface area contributed by atoms with E-state index in [1.54, 1.807) is 6.92 Å². The third-order valence-corrected chi connectivity index (χ3v) is 6.77. The minimum Gasteiger partial charge on any atom is -0.489 e. The fourth-order valence-electron chi connectivity index (χ4n) is 2.88. The summed E-state index contributed by atoms with van der Waals surface area (Å²) in [6.45, 7) is 10.7. The molecule has 0 saturated heterocycles. The molecule has 1 heterocycles. The second-order valence-corrected chi connectivity index (χ2v) is 10.1. The Labute approximate surface area is 191 Å². The fourth-order valence-corrected chi connectivity index (χ4v) is 4.77. The topological polar surface area (TPSA) is 115 Å². The van der Waals surface area contributed by atoms with E-state index in [0.29, 0.717) is 37.7 Å². The van der Waals surface area contributed by atoms with Crippen LogP contribution in [0.2, 0.25) is 0 Å². The molecule has 0 unspecified atom stereocenters. The Morgan fingerprint density at radius 2 is 1.97 bits per heavy atom. The Morgan fingerprint density at radius 1 is 1.26 bits per heavy atom. The van der Waals surface area contributed by atoms with Crippen LogP contribution in [-0.4, -0.2) is 43.4 Å². The number of ether oxygens (including phenoxy) is 1. The number of anilines is 1. The minimum absolute atomic E-state index is 0.116. The standard InChI is InChI=1S/C21H27BrN4O4S/c1-5-9-31(28,29)18-11-19(24-25-20(18)21(23)27)26(6-2)12-15-10-16(22)7-8-17(15)30-13-14(3)4/h7-8,10-11H,3,5-6,9,12-13H2,1-2,4H3,(H2,23,27). The van der Waals surface area contributed by atoms with Gasteiger partial charge < -0.3 is 15.4 Å². The van der Waals surface area contributed by atoms with Crippen molar-refractivity contribution in [1.82, 2.24) is 10.2 Å². The van der Waals surface area contributed by atoms with Gasteiger partial charge >= 0.3 is 0 Å². The molecule has 1 aromatic carbocycles. The number of nitrogens with two attached hydrogens (primary N) is 1. The molecule has 1 aromatic heterocycles. The van der Waals surface area contributed by atoms with Gasteiger partial charge in [0.2, 0.25) is 0 Å². The Balaban J connectivity index is 2.47. The van der Waals surface area contributed by atoms with Crippen LogP contribution in [0.25, 0.3) is 0 Å². The highest BCUT2D eigenvalue weighted by Crippen LogP contribution is 2.28. The van der Waals surface area contributed by atoms with Crippen LogP contribution in [0.15, 0.2) is 45.8 Å². The van der Waals surface area contributed by atoms with Crippen molar-refractivity contribution in [2.24, 2.45) is 5.73 Å². The molecule has 0 atom stereocenters. The van der Waals surface area contributed by atoms with Crippen LogP contribution in [0.1, 0.15) is 43.2 Å². The highest BCUT2D eigenvalue weighted by atomic mass is 79.9. The maximum absolute atomic E-state index is 12.7. The number of hydrogen-bond acceptors (Lipinski definition) is 7. The van der Waals surface area contributed by atoms with E-state index in [9.17, 15) is 13.2 Å². The van der Waals surface area contributed by atoms with Gasteiger partial charge in [0, 0.05) is 29.2 Å². The quantitative estimate of drug-likeness (QED) is 0.459. The summed E-state index contributed by atoms with van der Waals surface area (Å²) in [6.07, 6.45) is 0.400. The first-order valence-corrected chi connectivity index (χ1v) is 12.2. The van der Waals surface area contributed by atoms with Crippen molar-refractivity contribution in [1.29, 1.82) is 0 Å². The number of sulfone groups is 1. The fraction of sp³-hybridized carbons (Fsp3) is 0.381. The van der Waals surface area contributed by atoms with Crippen molar-refractivity contribution in [2.45, 2.75) is 38.6 Å². The van der Waals surface area contributed by atoms with Gasteiger partial charge in [-0.05, 0) is 44.0 Å². The molecule has 2 rings (SSSR count). The van der Waals surface area contributed by atoms with E-state index in [1.165, 1.54) is 6.07 Å². The van der Waals surface area contributed by atoms with E-state index < -0.39 is 15.7 Å². The highest BCUT2D eigenvalue weighted by Gasteiger charge is 2.25. The third kappa shape index (κ3) is 6.51. The van der Waals surface area contributed by atoms with Gasteiger partial charge in [-0.1, -0.05) is 29.4 Å². The van der Waals surface area contributed by atoms with Crippen molar-refractivity contribution in [3.8, 4) is 5.75 Å². The molecular formula is C21H27BrN4O4S. The van der Waals surface area contributed by atoms with E-state index in [0.717, 1.165) is 15.6 Å². The average molecular weight is 511 g/mol. The van der Waals surface area contributed by atoms with E-state index >= 15 is 0 Å². The predicted molar refractivity (Wildman–Crippen MR) is 124 cm³/mol. The second kappa shape index (κ2) is 10.7. The summed E-state index contributed by atoms with van der Waals surface area (Å²) in [5.74, 6) is -0.0350. The zero-order valence-corrected chi connectivity index (χ0v) is 20.3. The van der Waals surface area contributed by atoms with Gasteiger partial charge in [-0.3, -0.25) is 4.79 Å². The molecular weight excluding hydrogens is 484 g/mol. The molecule has 1 amide bonds. The lowest BCUT2D eigenvalue weighted by Gasteiger charge is -2.24. The van der Waals surface area contributed by atoms with Gasteiger partial charge in [-0.25, -0.2) is 8.42 Å². The molecule has 0 fully saturated rings. The van der Waals surface area contributed by atoms with Crippen LogP contribution in [0.4, 0.5) is 5.82 Å². The Bertz CT molecular complexity index is 1070. The summed E-state index contributed by atoms with van der Waals surface area (Å²) in [5.41, 5.74) is 6.75. The lowest BCUT2D eigenvalue weighted by Crippen LogP contribution is -2.26. The van der Waals surface area contributed by atoms with Crippen molar-refractivity contribution in [3.05, 3.63) is 52.1 Å². The Morgan fingerprint density at radius 3 is 2.55 bits per heavy atom. The summed E-state index contributed by atoms with van der Waals surface area (Å²) in [7, 11) is -3.73. The monoisotopic (exact) mass is 510 g/mol. The Hall–Kier alpha value is -2.46. The molecule has 0 radical (unpaired) electrons. The lowest BCUT2D eigenvalue weighted by molar-refractivity contribution is 0.0991. The number of carbonyl (C=O) groups is 1. The van der Waals surface area contributed by atoms with Crippen LogP contribution < -0.4 is 15.4 Å². The molecule has 10 heteroatoms. The van der Waals surface area contributed by atoms with Crippen molar-refractivity contribution >= 4 is 37.5 Å². The smallest absolute Gasteiger partial charge is 0.270 e. The largest absolute Gasteiger partial charge is 0.489 e. The van der Waals surface area contributed by atoms with Gasteiger partial charge in [0.05, 0.1) is 5.75 Å². The average Bonchev–Trinajstić information content (AvgIpc) is 2.70. The predicted octanol–water partition coefficient (Wildman–Crippen LogP) is 3.50. The van der Waals surface area contributed by atoms with E-state index in [-0.39, 0.29) is 16.3 Å². The molecule has 0 bridgehead atoms. The molecule has 0 spiro atoms. The molecule has 0 saturated carbocycles. The number of aromatic nitrogens is 2. The molecule has 168 valence electrons. The Kier molecular flexibility index (Phi) is 8.58. The van der Waals surface area contributed by atoms with Crippen LogP contribution in [-0.2, 0) is 16.4 Å². The van der Waals surface area contributed by atoms with Gasteiger partial charge in [0.1, 0.15) is 17.3 Å². The van der Waals surface area contributed by atoms with Gasteiger partial charge in [-0.15, -0.1) is 10.2 Å². The van der Waals surface area contributed by atoms with Gasteiger partial charge in [0.25, 0.3) is 5.91 Å². The zero-order valence-electron chi connectivity index (χ0n) is 17.9. The first-order chi connectivity index (χ1) is 14.6.